The Kier molecular flexibility index (Phi) is 4.72. The van der Waals surface area contributed by atoms with Crippen LogP contribution in [0.4, 0.5) is 5.69 Å². The summed E-state index contributed by atoms with van der Waals surface area (Å²) < 4.78 is 0. The lowest BCUT2D eigenvalue weighted by molar-refractivity contribution is 0.250. The van der Waals surface area contributed by atoms with Gasteiger partial charge in [-0.25, -0.2) is 0 Å². The Hall–Kier alpha value is -3.03. The van der Waals surface area contributed by atoms with E-state index < -0.39 is 0 Å². The number of nitrogens with zero attached hydrogens (tertiary/aromatic N) is 3. The largest absolute Gasteiger partial charge is 0.369 e. The molecule has 1 N–H and O–H groups in total. The molecule has 0 spiro atoms. The summed E-state index contributed by atoms with van der Waals surface area (Å²) in [6.45, 7) is 4.98. The lowest BCUT2D eigenvalue weighted by atomic mass is 10.0. The molecule has 0 bridgehead atoms. The van der Waals surface area contributed by atoms with Crippen LogP contribution in [0.3, 0.4) is 0 Å². The van der Waals surface area contributed by atoms with E-state index in [1.165, 1.54) is 16.7 Å². The number of H-pyrrole nitrogens is 1. The number of piperazine rings is 1. The van der Waals surface area contributed by atoms with E-state index >= 15 is 0 Å². The second-order valence-electron chi connectivity index (χ2n) is 6.69. The minimum atomic E-state index is 0.727. The summed E-state index contributed by atoms with van der Waals surface area (Å²) in [5, 5.41) is 9.09. The van der Waals surface area contributed by atoms with Gasteiger partial charge in [0.25, 0.3) is 0 Å². The zero-order valence-electron chi connectivity index (χ0n) is 14.7. The zero-order chi connectivity index (χ0) is 17.8. The van der Waals surface area contributed by atoms with Crippen molar-refractivity contribution in [3.8, 4) is 17.2 Å². The molecule has 0 aliphatic carbocycles. The number of benzene rings is 2. The number of nitriles is 1. The van der Waals surface area contributed by atoms with Crippen LogP contribution in [-0.2, 0) is 6.54 Å². The zero-order valence-corrected chi connectivity index (χ0v) is 14.7. The fourth-order valence-corrected chi connectivity index (χ4v) is 3.59. The van der Waals surface area contributed by atoms with Gasteiger partial charge in [-0.3, -0.25) is 4.90 Å². The molecular formula is C22H22N4. The molecule has 2 heterocycles. The number of nitrogens with one attached hydrogen (secondary N) is 1. The Bertz CT molecular complexity index is 899. The fraction of sp³-hybridized carbons (Fsp3) is 0.227. The van der Waals surface area contributed by atoms with Crippen molar-refractivity contribution < 1.29 is 0 Å². The van der Waals surface area contributed by atoms with Crippen molar-refractivity contribution in [1.29, 1.82) is 5.26 Å². The molecule has 26 heavy (non-hydrogen) atoms. The van der Waals surface area contributed by atoms with Crippen LogP contribution in [-0.4, -0.2) is 36.1 Å². The summed E-state index contributed by atoms with van der Waals surface area (Å²) in [5.74, 6) is 0. The van der Waals surface area contributed by atoms with E-state index in [-0.39, 0.29) is 0 Å². The third kappa shape index (κ3) is 3.49. The summed E-state index contributed by atoms with van der Waals surface area (Å²) in [6, 6.07) is 20.7. The number of hydrogen-bond acceptors (Lipinski definition) is 3. The van der Waals surface area contributed by atoms with Gasteiger partial charge in [-0.1, -0.05) is 36.4 Å². The molecule has 4 nitrogen and oxygen atoms in total. The third-order valence-electron chi connectivity index (χ3n) is 5.02. The molecule has 0 radical (unpaired) electrons. The number of hydrogen-bond donors (Lipinski definition) is 1. The maximum atomic E-state index is 9.09. The van der Waals surface area contributed by atoms with E-state index in [1.807, 2.05) is 18.2 Å². The lowest BCUT2D eigenvalue weighted by Crippen LogP contribution is -2.46. The summed E-state index contributed by atoms with van der Waals surface area (Å²) in [4.78, 5) is 8.13. The van der Waals surface area contributed by atoms with Gasteiger partial charge in [0.1, 0.15) is 0 Å². The van der Waals surface area contributed by atoms with Gasteiger partial charge in [-0.15, -0.1) is 0 Å². The predicted molar refractivity (Wildman–Crippen MR) is 105 cm³/mol. The fourth-order valence-electron chi connectivity index (χ4n) is 3.59. The molecule has 4 heteroatoms. The molecule has 1 aromatic heterocycles. The van der Waals surface area contributed by atoms with Gasteiger partial charge in [0.05, 0.1) is 11.6 Å². The smallest absolute Gasteiger partial charge is 0.0992 e. The molecule has 1 fully saturated rings. The third-order valence-corrected chi connectivity index (χ3v) is 5.02. The molecule has 1 saturated heterocycles. The van der Waals surface area contributed by atoms with Crippen LogP contribution in [0.2, 0.25) is 0 Å². The summed E-state index contributed by atoms with van der Waals surface area (Å²) in [5.41, 5.74) is 5.77. The van der Waals surface area contributed by atoms with E-state index in [4.69, 9.17) is 5.26 Å². The van der Waals surface area contributed by atoms with Crippen LogP contribution in [0.1, 0.15) is 11.1 Å². The second-order valence-corrected chi connectivity index (χ2v) is 6.69. The predicted octanol–water partition coefficient (Wildman–Crippen LogP) is 3.88. The normalized spacial score (nSPS) is 15.0. The maximum Gasteiger partial charge on any atom is 0.0992 e. The van der Waals surface area contributed by atoms with Crippen LogP contribution in [0.25, 0.3) is 11.1 Å². The van der Waals surface area contributed by atoms with E-state index in [2.05, 4.69) is 69.6 Å². The Balaban J connectivity index is 1.41. The highest BCUT2D eigenvalue weighted by Crippen LogP contribution is 2.25. The van der Waals surface area contributed by atoms with Gasteiger partial charge in [-0.2, -0.15) is 5.26 Å². The molecule has 3 aromatic rings. The minimum Gasteiger partial charge on any atom is -0.369 e. The van der Waals surface area contributed by atoms with Crippen LogP contribution >= 0.6 is 0 Å². The molecule has 4 rings (SSSR count). The van der Waals surface area contributed by atoms with Crippen molar-refractivity contribution in [2.24, 2.45) is 0 Å². The topological polar surface area (TPSA) is 46.1 Å². The average Bonchev–Trinajstić information content (AvgIpc) is 3.17. The number of aromatic nitrogens is 1. The van der Waals surface area contributed by atoms with Crippen LogP contribution in [0.15, 0.2) is 67.0 Å². The summed E-state index contributed by atoms with van der Waals surface area (Å²) >= 11 is 0. The second kappa shape index (κ2) is 7.47. The van der Waals surface area contributed by atoms with E-state index in [1.54, 1.807) is 0 Å². The van der Waals surface area contributed by atoms with Gasteiger partial charge in [0.15, 0.2) is 0 Å². The first-order valence-electron chi connectivity index (χ1n) is 9.02. The van der Waals surface area contributed by atoms with Gasteiger partial charge >= 0.3 is 0 Å². The summed E-state index contributed by atoms with van der Waals surface area (Å²) in [7, 11) is 0. The Morgan fingerprint density at radius 3 is 2.50 bits per heavy atom. The summed E-state index contributed by atoms with van der Waals surface area (Å²) in [6.07, 6.45) is 4.21. The molecule has 0 atom stereocenters. The van der Waals surface area contributed by atoms with Crippen LogP contribution in [0.5, 0.6) is 0 Å². The van der Waals surface area contributed by atoms with Gasteiger partial charge in [0, 0.05) is 56.4 Å². The Labute approximate surface area is 154 Å². The Morgan fingerprint density at radius 1 is 0.923 bits per heavy atom. The first kappa shape index (κ1) is 16.4. The highest BCUT2D eigenvalue weighted by molar-refractivity contribution is 5.66. The van der Waals surface area contributed by atoms with E-state index in [0.29, 0.717) is 0 Å². The molecule has 130 valence electrons. The van der Waals surface area contributed by atoms with Gasteiger partial charge in [-0.05, 0) is 29.3 Å². The van der Waals surface area contributed by atoms with Crippen LogP contribution in [0, 0.1) is 11.3 Å². The first-order chi connectivity index (χ1) is 12.8. The molecular weight excluding hydrogens is 320 g/mol. The van der Waals surface area contributed by atoms with E-state index in [0.717, 1.165) is 44.0 Å². The molecule has 1 aliphatic heterocycles. The first-order valence-corrected chi connectivity index (χ1v) is 9.02. The highest BCUT2D eigenvalue weighted by atomic mass is 15.3. The SMILES string of the molecule is N#Cc1cccc(N2CCN(Cc3c[nH]cc3-c3ccccc3)CC2)c1. The Morgan fingerprint density at radius 2 is 1.73 bits per heavy atom. The molecule has 1 aliphatic rings. The molecule has 0 unspecified atom stereocenters. The minimum absolute atomic E-state index is 0.727. The monoisotopic (exact) mass is 342 g/mol. The van der Waals surface area contributed by atoms with E-state index in [9.17, 15) is 0 Å². The molecule has 0 amide bonds. The number of aromatic amines is 1. The molecule has 2 aromatic carbocycles. The van der Waals surface area contributed by atoms with Gasteiger partial charge < -0.3 is 9.88 Å². The molecule has 0 saturated carbocycles. The van der Waals surface area contributed by atoms with Crippen molar-refractivity contribution in [3.63, 3.8) is 0 Å². The van der Waals surface area contributed by atoms with Crippen molar-refractivity contribution in [1.82, 2.24) is 9.88 Å². The maximum absolute atomic E-state index is 9.09. The van der Waals surface area contributed by atoms with Crippen molar-refractivity contribution >= 4 is 5.69 Å². The number of rotatable bonds is 4. The van der Waals surface area contributed by atoms with Crippen LogP contribution < -0.4 is 4.90 Å². The number of anilines is 1. The quantitative estimate of drug-likeness (QED) is 0.783. The van der Waals surface area contributed by atoms with Crippen molar-refractivity contribution in [2.45, 2.75) is 6.54 Å². The highest BCUT2D eigenvalue weighted by Gasteiger charge is 2.19. The lowest BCUT2D eigenvalue weighted by Gasteiger charge is -2.36. The average molecular weight is 342 g/mol. The van der Waals surface area contributed by atoms with Gasteiger partial charge in [0.2, 0.25) is 0 Å². The standard InChI is InChI=1S/C22H22N4/c23-14-18-5-4-8-21(13-18)26-11-9-25(10-12-26)17-20-15-24-16-22(20)19-6-2-1-3-7-19/h1-8,13,15-16,24H,9-12,17H2. The van der Waals surface area contributed by atoms with Crippen molar-refractivity contribution in [3.05, 3.63) is 78.1 Å². The van der Waals surface area contributed by atoms with Crippen molar-refractivity contribution in [2.75, 3.05) is 31.1 Å².